The van der Waals surface area contributed by atoms with Gasteiger partial charge < -0.3 is 89.3 Å². The third-order valence-electron chi connectivity index (χ3n) is 10.3. The van der Waals surface area contributed by atoms with Gasteiger partial charge in [-0.3, -0.25) is 14.4 Å². The summed E-state index contributed by atoms with van der Waals surface area (Å²) >= 11 is 0. The summed E-state index contributed by atoms with van der Waals surface area (Å²) < 4.78 is 16.1. The fourth-order valence-corrected chi connectivity index (χ4v) is 8.60. The van der Waals surface area contributed by atoms with E-state index in [4.69, 9.17) is 14.2 Å². The number of carbonyl (C=O) groups excluding carboxylic acids is 6. The predicted octanol–water partition coefficient (Wildman–Crippen LogP) is 0.196. The molecule has 0 saturated carbocycles. The summed E-state index contributed by atoms with van der Waals surface area (Å²) in [5.41, 5.74) is 0.806. The number of ether oxygens (including phenoxy) is 3. The lowest BCUT2D eigenvalue weighted by molar-refractivity contribution is 0.0885. The highest BCUT2D eigenvalue weighted by molar-refractivity contribution is 6.56. The van der Waals surface area contributed by atoms with Crippen LogP contribution in [0.25, 0.3) is 0 Å². The third kappa shape index (κ3) is 22.6. The zero-order valence-electron chi connectivity index (χ0n) is 38.8. The van der Waals surface area contributed by atoms with E-state index in [1.807, 2.05) is 0 Å². The van der Waals surface area contributed by atoms with Crippen LogP contribution < -0.4 is 31.9 Å². The van der Waals surface area contributed by atoms with Crippen LogP contribution in [0, 0.1) is 0 Å². The standard InChI is InChI=1S/C45H60N6O18Si3/c52-40(49-37(31-13-4-1-5-14-31)28-67-43(55)46-19-10-22-70(58,59)60)34-25-35(41(53)50-38(32-15-6-2-7-16-32)29-68-44(56)47-20-11-23-71(61,62)63)27-36(26-34)42(54)51-39(33-17-8-3-9-18-33)30-69-45(57)48-21-12-24-72(64,65)66/h1-9,13-18,25-27,37-39,58-66H,10-12,19-24,28-30H2,(H,46,55)(H,47,56)(H,48,57)(H,49,52)(H,50,53)(H,51,54). The van der Waals surface area contributed by atoms with Crippen LogP contribution in [0.2, 0.25) is 18.1 Å². The first-order valence-electron chi connectivity index (χ1n) is 22.5. The average molecular weight is 1060 g/mol. The van der Waals surface area contributed by atoms with Gasteiger partial charge in [0.2, 0.25) is 0 Å². The minimum atomic E-state index is -4.33. The Morgan fingerprint density at radius 2 is 0.625 bits per heavy atom. The van der Waals surface area contributed by atoms with Crippen molar-refractivity contribution in [2.75, 3.05) is 39.5 Å². The zero-order valence-corrected chi connectivity index (χ0v) is 41.8. The van der Waals surface area contributed by atoms with Crippen LogP contribution in [0.3, 0.4) is 0 Å². The molecule has 0 aliphatic carbocycles. The molecule has 0 radical (unpaired) electrons. The first-order valence-corrected chi connectivity index (χ1v) is 28.7. The number of hydrogen-bond acceptors (Lipinski definition) is 18. The number of rotatable bonds is 27. The second-order valence-corrected chi connectivity index (χ2v) is 22.5. The van der Waals surface area contributed by atoms with E-state index in [0.717, 1.165) is 0 Å². The molecule has 15 N–H and O–H groups in total. The van der Waals surface area contributed by atoms with Crippen molar-refractivity contribution in [3.63, 3.8) is 0 Å². The normalized spacial score (nSPS) is 12.8. The van der Waals surface area contributed by atoms with Crippen LogP contribution in [0.1, 0.15) is 85.2 Å². The van der Waals surface area contributed by atoms with Crippen LogP contribution in [0.15, 0.2) is 109 Å². The lowest BCUT2D eigenvalue weighted by Gasteiger charge is -2.22. The van der Waals surface area contributed by atoms with Crippen molar-refractivity contribution in [3.8, 4) is 0 Å². The van der Waals surface area contributed by atoms with E-state index in [9.17, 15) is 71.9 Å². The SMILES string of the molecule is O=C(NCCC[Si](O)(O)O)OCC(NC(=O)c1cc(C(=O)NC(COC(=O)NCCC[Si](O)(O)O)c2ccccc2)cc(C(=O)NC(COC(=O)NCCC[Si](O)(O)O)c2ccccc2)c1)c1ccccc1. The van der Waals surface area contributed by atoms with Crippen molar-refractivity contribution < 1.29 is 86.1 Å². The van der Waals surface area contributed by atoms with Gasteiger partial charge in [-0.2, -0.15) is 0 Å². The maximum Gasteiger partial charge on any atom is 0.492 e. The molecule has 0 aliphatic rings. The zero-order chi connectivity index (χ0) is 52.7. The summed E-state index contributed by atoms with van der Waals surface area (Å²) in [6.45, 7) is -1.48. The highest BCUT2D eigenvalue weighted by atomic mass is 28.4. The number of amides is 6. The molecular weight excluding hydrogens is 997 g/mol. The first-order chi connectivity index (χ1) is 34.0. The van der Waals surface area contributed by atoms with Crippen LogP contribution in [0.4, 0.5) is 14.4 Å². The van der Waals surface area contributed by atoms with E-state index in [1.165, 1.54) is 18.2 Å². The number of nitrogens with one attached hydrogen (secondary N) is 6. The Bertz CT molecular complexity index is 2100. The van der Waals surface area contributed by atoms with E-state index in [2.05, 4.69) is 31.9 Å². The van der Waals surface area contributed by atoms with E-state index < -0.39 is 100 Å². The average Bonchev–Trinajstić information content (AvgIpc) is 3.34. The molecule has 3 atom stereocenters. The minimum Gasteiger partial charge on any atom is -0.447 e. The van der Waals surface area contributed by atoms with E-state index in [0.29, 0.717) is 16.7 Å². The van der Waals surface area contributed by atoms with Gasteiger partial charge in [0.15, 0.2) is 0 Å². The fraction of sp³-hybridized carbons (Fsp3) is 0.333. The van der Waals surface area contributed by atoms with Crippen LogP contribution in [0.5, 0.6) is 0 Å². The topological polar surface area (TPSA) is 384 Å². The van der Waals surface area contributed by atoms with Crippen molar-refractivity contribution in [1.29, 1.82) is 0 Å². The molecule has 4 rings (SSSR count). The molecule has 0 spiro atoms. The third-order valence-corrected chi connectivity index (χ3v) is 13.3. The molecule has 24 nitrogen and oxygen atoms in total. The maximum absolute atomic E-state index is 14.3. The van der Waals surface area contributed by atoms with Gasteiger partial charge in [0, 0.05) is 54.5 Å². The Labute approximate surface area is 416 Å². The molecule has 0 fully saturated rings. The summed E-state index contributed by atoms with van der Waals surface area (Å²) in [4.78, 5) is 164. The molecule has 27 heteroatoms. The fourth-order valence-electron chi connectivity index (χ4n) is 6.64. The number of benzene rings is 4. The van der Waals surface area contributed by atoms with Gasteiger partial charge in [-0.25, -0.2) is 14.4 Å². The van der Waals surface area contributed by atoms with Crippen molar-refractivity contribution in [3.05, 3.63) is 143 Å². The molecule has 4 aromatic carbocycles. The van der Waals surface area contributed by atoms with Crippen LogP contribution >= 0.6 is 0 Å². The molecule has 72 heavy (non-hydrogen) atoms. The van der Waals surface area contributed by atoms with Gasteiger partial charge in [-0.15, -0.1) is 0 Å². The second kappa shape index (κ2) is 28.4. The summed E-state index contributed by atoms with van der Waals surface area (Å²) in [5.74, 6) is -2.51. The second-order valence-electron chi connectivity index (χ2n) is 16.3. The van der Waals surface area contributed by atoms with Gasteiger partial charge in [0.05, 0.1) is 18.1 Å². The lowest BCUT2D eigenvalue weighted by atomic mass is 10.0. The quantitative estimate of drug-likeness (QED) is 0.0215. The molecule has 6 amide bonds. The number of alkyl carbamates (subject to hydrolysis) is 3. The van der Waals surface area contributed by atoms with E-state index >= 15 is 0 Å². The van der Waals surface area contributed by atoms with Crippen molar-refractivity contribution in [1.82, 2.24) is 31.9 Å². The Morgan fingerprint density at radius 3 is 0.847 bits per heavy atom. The molecule has 0 aromatic heterocycles. The van der Waals surface area contributed by atoms with Crippen molar-refractivity contribution in [2.24, 2.45) is 0 Å². The van der Waals surface area contributed by atoms with Crippen LogP contribution in [-0.4, -0.2) is 145 Å². The molecule has 0 aliphatic heterocycles. The smallest absolute Gasteiger partial charge is 0.447 e. The van der Waals surface area contributed by atoms with Crippen molar-refractivity contribution in [2.45, 2.75) is 55.5 Å². The first kappa shape index (κ1) is 58.0. The summed E-state index contributed by atoms with van der Waals surface area (Å²) in [6.07, 6.45) is -2.66. The van der Waals surface area contributed by atoms with Gasteiger partial charge in [0.1, 0.15) is 19.8 Å². The predicted molar refractivity (Wildman–Crippen MR) is 260 cm³/mol. The number of carbonyl (C=O) groups is 6. The molecule has 0 saturated heterocycles. The summed E-state index contributed by atoms with van der Waals surface area (Å²) in [6, 6.07) is 24.7. The summed E-state index contributed by atoms with van der Waals surface area (Å²) in [7, 11) is -13.0. The van der Waals surface area contributed by atoms with Gasteiger partial charge in [-0.1, -0.05) is 91.0 Å². The van der Waals surface area contributed by atoms with Crippen LogP contribution in [-0.2, 0) is 14.2 Å². The van der Waals surface area contributed by atoms with E-state index in [1.54, 1.807) is 91.0 Å². The summed E-state index contributed by atoms with van der Waals surface area (Å²) in [5, 5.41) is 15.6. The Balaban J connectivity index is 1.64. The van der Waals surface area contributed by atoms with Gasteiger partial charge in [0.25, 0.3) is 17.7 Å². The largest absolute Gasteiger partial charge is 0.492 e. The highest BCUT2D eigenvalue weighted by Gasteiger charge is 2.29. The van der Waals surface area contributed by atoms with E-state index in [-0.39, 0.29) is 73.7 Å². The molecule has 0 heterocycles. The Kier molecular flexibility index (Phi) is 22.9. The minimum absolute atomic E-state index is 0.0320. The molecule has 390 valence electrons. The molecule has 3 unspecified atom stereocenters. The van der Waals surface area contributed by atoms with Crippen molar-refractivity contribution >= 4 is 62.4 Å². The molecule has 4 aromatic rings. The van der Waals surface area contributed by atoms with Gasteiger partial charge >= 0.3 is 44.7 Å². The number of hydrogen-bond donors (Lipinski definition) is 15. The lowest BCUT2D eigenvalue weighted by Crippen LogP contribution is -2.37. The molecule has 0 bridgehead atoms. The maximum atomic E-state index is 14.3. The molecular formula is C45H60N6O18Si3. The Hall–Kier alpha value is -6.61. The monoisotopic (exact) mass is 1060 g/mol. The highest BCUT2D eigenvalue weighted by Crippen LogP contribution is 2.21. The Morgan fingerprint density at radius 1 is 0.389 bits per heavy atom. The van der Waals surface area contributed by atoms with Gasteiger partial charge in [-0.05, 0) is 54.2 Å².